The Hall–Kier alpha value is -2.10. The first-order valence-electron chi connectivity index (χ1n) is 7.42. The minimum Gasteiger partial charge on any atom is -0.497 e. The van der Waals surface area contributed by atoms with Gasteiger partial charge < -0.3 is 14.8 Å². The molecule has 0 bridgehead atoms. The summed E-state index contributed by atoms with van der Waals surface area (Å²) >= 11 is 9.19. The van der Waals surface area contributed by atoms with Gasteiger partial charge in [-0.25, -0.2) is 13.2 Å². The van der Waals surface area contributed by atoms with E-state index >= 15 is 0 Å². The molecule has 0 atom stereocenters. The first kappa shape index (κ1) is 21.2. The standard InChI is InChI=1S/C17H15BrClNO6S/c1-25-10-3-5-13(18)12(7-10)17(22)26-9-16(21)20-15-8-11(27(2,23)24)4-6-14(15)19/h3-8H,9H2,1-2H3,(H,20,21). The lowest BCUT2D eigenvalue weighted by atomic mass is 10.2. The summed E-state index contributed by atoms with van der Waals surface area (Å²) in [5.41, 5.74) is 0.294. The van der Waals surface area contributed by atoms with Crippen LogP contribution in [-0.4, -0.2) is 40.3 Å². The Morgan fingerprint density at radius 3 is 2.52 bits per heavy atom. The third kappa shape index (κ3) is 5.69. The molecule has 0 aromatic heterocycles. The number of methoxy groups -OCH3 is 1. The van der Waals surface area contributed by atoms with Crippen molar-refractivity contribution in [2.45, 2.75) is 4.90 Å². The number of esters is 1. The maximum Gasteiger partial charge on any atom is 0.339 e. The molecule has 2 rings (SSSR count). The number of hydrogen-bond donors (Lipinski definition) is 1. The Bertz CT molecular complexity index is 993. The molecule has 1 amide bonds. The normalized spacial score (nSPS) is 11.0. The molecule has 27 heavy (non-hydrogen) atoms. The highest BCUT2D eigenvalue weighted by atomic mass is 79.9. The van der Waals surface area contributed by atoms with E-state index in [4.69, 9.17) is 21.1 Å². The van der Waals surface area contributed by atoms with Gasteiger partial charge in [0.05, 0.1) is 28.3 Å². The van der Waals surface area contributed by atoms with Crippen LogP contribution in [-0.2, 0) is 19.4 Å². The van der Waals surface area contributed by atoms with E-state index in [1.165, 1.54) is 31.4 Å². The number of carbonyl (C=O) groups is 2. The van der Waals surface area contributed by atoms with Crippen LogP contribution in [0.25, 0.3) is 0 Å². The van der Waals surface area contributed by atoms with E-state index in [1.54, 1.807) is 12.1 Å². The number of anilines is 1. The molecule has 0 saturated carbocycles. The van der Waals surface area contributed by atoms with Gasteiger partial charge in [0.25, 0.3) is 5.91 Å². The number of rotatable bonds is 6. The van der Waals surface area contributed by atoms with E-state index in [0.717, 1.165) is 6.26 Å². The number of hydrogen-bond acceptors (Lipinski definition) is 6. The van der Waals surface area contributed by atoms with Gasteiger partial charge in [0.2, 0.25) is 0 Å². The van der Waals surface area contributed by atoms with Crippen molar-refractivity contribution in [3.05, 3.63) is 51.5 Å². The summed E-state index contributed by atoms with van der Waals surface area (Å²) in [4.78, 5) is 24.2. The molecule has 1 N–H and O–H groups in total. The smallest absolute Gasteiger partial charge is 0.339 e. The van der Waals surface area contributed by atoms with Crippen molar-refractivity contribution in [2.24, 2.45) is 0 Å². The van der Waals surface area contributed by atoms with Gasteiger partial charge in [-0.15, -0.1) is 0 Å². The summed E-state index contributed by atoms with van der Waals surface area (Å²) in [6, 6.07) is 8.66. The minimum atomic E-state index is -3.46. The Morgan fingerprint density at radius 2 is 1.89 bits per heavy atom. The fraction of sp³-hybridized carbons (Fsp3) is 0.176. The highest BCUT2D eigenvalue weighted by Gasteiger charge is 2.16. The molecule has 0 unspecified atom stereocenters. The maximum absolute atomic E-state index is 12.1. The zero-order valence-corrected chi connectivity index (χ0v) is 17.4. The van der Waals surface area contributed by atoms with Gasteiger partial charge in [0, 0.05) is 10.7 Å². The average molecular weight is 477 g/mol. The number of carbonyl (C=O) groups excluding carboxylic acids is 2. The van der Waals surface area contributed by atoms with Gasteiger partial charge in [-0.1, -0.05) is 11.6 Å². The van der Waals surface area contributed by atoms with Crippen molar-refractivity contribution in [1.82, 2.24) is 0 Å². The number of sulfone groups is 1. The second-order valence-electron chi connectivity index (χ2n) is 5.38. The van der Waals surface area contributed by atoms with Gasteiger partial charge in [-0.05, 0) is 52.3 Å². The minimum absolute atomic E-state index is 0.000457. The summed E-state index contributed by atoms with van der Waals surface area (Å²) in [5, 5.41) is 2.57. The zero-order valence-electron chi connectivity index (χ0n) is 14.3. The molecule has 0 heterocycles. The molecular formula is C17H15BrClNO6S. The van der Waals surface area contributed by atoms with E-state index in [2.05, 4.69) is 21.2 Å². The van der Waals surface area contributed by atoms with Crippen LogP contribution >= 0.6 is 27.5 Å². The predicted octanol–water partition coefficient (Wildman–Crippen LogP) is 3.31. The molecule has 7 nitrogen and oxygen atoms in total. The highest BCUT2D eigenvalue weighted by molar-refractivity contribution is 9.10. The number of ether oxygens (including phenoxy) is 2. The van der Waals surface area contributed by atoms with Crippen LogP contribution in [0.15, 0.2) is 45.8 Å². The van der Waals surface area contributed by atoms with Crippen LogP contribution in [0.5, 0.6) is 5.75 Å². The van der Waals surface area contributed by atoms with Gasteiger partial charge in [-0.3, -0.25) is 4.79 Å². The molecule has 10 heteroatoms. The van der Waals surface area contributed by atoms with Crippen LogP contribution in [0.2, 0.25) is 5.02 Å². The Labute approximate surface area is 169 Å². The fourth-order valence-electron chi connectivity index (χ4n) is 2.01. The SMILES string of the molecule is COc1ccc(Br)c(C(=O)OCC(=O)Nc2cc(S(C)(=O)=O)ccc2Cl)c1. The highest BCUT2D eigenvalue weighted by Crippen LogP contribution is 2.26. The largest absolute Gasteiger partial charge is 0.497 e. The fourth-order valence-corrected chi connectivity index (χ4v) is 3.23. The van der Waals surface area contributed by atoms with E-state index < -0.39 is 28.3 Å². The number of amides is 1. The summed E-state index contributed by atoms with van der Waals surface area (Å²) in [5.74, 6) is -0.944. The Morgan fingerprint density at radius 1 is 1.19 bits per heavy atom. The van der Waals surface area contributed by atoms with Crippen molar-refractivity contribution < 1.29 is 27.5 Å². The van der Waals surface area contributed by atoms with Crippen LogP contribution in [0, 0.1) is 0 Å². The van der Waals surface area contributed by atoms with Gasteiger partial charge in [-0.2, -0.15) is 0 Å². The molecule has 0 aliphatic heterocycles. The number of benzene rings is 2. The van der Waals surface area contributed by atoms with Crippen molar-refractivity contribution in [1.29, 1.82) is 0 Å². The van der Waals surface area contributed by atoms with Gasteiger partial charge in [0.15, 0.2) is 16.4 Å². The molecule has 0 fully saturated rings. The third-order valence-electron chi connectivity index (χ3n) is 3.37. The van der Waals surface area contributed by atoms with Crippen LogP contribution < -0.4 is 10.1 Å². The van der Waals surface area contributed by atoms with Gasteiger partial charge in [0.1, 0.15) is 5.75 Å². The molecule has 0 aliphatic rings. The first-order chi connectivity index (χ1) is 12.6. The lowest BCUT2D eigenvalue weighted by Crippen LogP contribution is -2.21. The van der Waals surface area contributed by atoms with Gasteiger partial charge >= 0.3 is 5.97 Å². The van der Waals surface area contributed by atoms with E-state index in [-0.39, 0.29) is 21.2 Å². The average Bonchev–Trinajstić information content (AvgIpc) is 2.61. The van der Waals surface area contributed by atoms with Crippen molar-refractivity contribution >= 4 is 54.9 Å². The Balaban J connectivity index is 2.06. The summed E-state index contributed by atoms with van der Waals surface area (Å²) < 4.78 is 33.7. The summed E-state index contributed by atoms with van der Waals surface area (Å²) in [6.07, 6.45) is 1.04. The van der Waals surface area contributed by atoms with Crippen LogP contribution in [0.1, 0.15) is 10.4 Å². The molecule has 0 saturated heterocycles. The molecule has 0 radical (unpaired) electrons. The van der Waals surface area contributed by atoms with Crippen LogP contribution in [0.4, 0.5) is 5.69 Å². The monoisotopic (exact) mass is 475 g/mol. The lowest BCUT2D eigenvalue weighted by Gasteiger charge is -2.10. The zero-order chi connectivity index (χ0) is 20.2. The summed E-state index contributed by atoms with van der Waals surface area (Å²) in [7, 11) is -2.00. The summed E-state index contributed by atoms with van der Waals surface area (Å²) in [6.45, 7) is -0.581. The lowest BCUT2D eigenvalue weighted by molar-refractivity contribution is -0.119. The third-order valence-corrected chi connectivity index (χ3v) is 5.50. The second-order valence-corrected chi connectivity index (χ2v) is 8.66. The van der Waals surface area contributed by atoms with E-state index in [1.807, 2.05) is 0 Å². The van der Waals surface area contributed by atoms with E-state index in [9.17, 15) is 18.0 Å². The molecule has 0 spiro atoms. The Kier molecular flexibility index (Phi) is 6.85. The predicted molar refractivity (Wildman–Crippen MR) is 104 cm³/mol. The molecule has 144 valence electrons. The van der Waals surface area contributed by atoms with Crippen molar-refractivity contribution in [2.75, 3.05) is 25.3 Å². The van der Waals surface area contributed by atoms with Crippen molar-refractivity contribution in [3.63, 3.8) is 0 Å². The van der Waals surface area contributed by atoms with Crippen molar-refractivity contribution in [3.8, 4) is 5.75 Å². The molecular weight excluding hydrogens is 462 g/mol. The quantitative estimate of drug-likeness (QED) is 0.642. The first-order valence-corrected chi connectivity index (χ1v) is 10.5. The number of nitrogens with one attached hydrogen (secondary N) is 1. The molecule has 0 aliphatic carbocycles. The van der Waals surface area contributed by atoms with E-state index in [0.29, 0.717) is 10.2 Å². The van der Waals surface area contributed by atoms with Crippen LogP contribution in [0.3, 0.4) is 0 Å². The molecule has 2 aromatic rings. The molecule has 2 aromatic carbocycles. The maximum atomic E-state index is 12.1. The topological polar surface area (TPSA) is 98.8 Å². The number of halogens is 2. The second kappa shape index (κ2) is 8.73.